The Morgan fingerprint density at radius 2 is 1.63 bits per heavy atom. The smallest absolute Gasteiger partial charge is 0.221 e. The molecule has 134 valence electrons. The first-order chi connectivity index (χ1) is 13.3. The van der Waals surface area contributed by atoms with Crippen LogP contribution in [0.1, 0.15) is 29.2 Å². The predicted molar refractivity (Wildman–Crippen MR) is 106 cm³/mol. The van der Waals surface area contributed by atoms with Crippen LogP contribution in [0.25, 0.3) is 5.65 Å². The van der Waals surface area contributed by atoms with E-state index in [1.165, 1.54) is 0 Å². The van der Waals surface area contributed by atoms with E-state index in [0.717, 1.165) is 22.5 Å². The largest absolute Gasteiger partial charge is 0.352 e. The summed E-state index contributed by atoms with van der Waals surface area (Å²) in [5.41, 5.74) is 4.11. The third-order valence-corrected chi connectivity index (χ3v) is 4.73. The molecule has 0 unspecified atom stereocenters. The normalized spacial score (nSPS) is 12.0. The lowest BCUT2D eigenvalue weighted by atomic mass is 9.92. The first-order valence-corrected chi connectivity index (χ1v) is 9.09. The topological polar surface area (TPSA) is 46.4 Å². The molecule has 2 aromatic heterocycles. The first kappa shape index (κ1) is 17.0. The number of hydrogen-bond donors (Lipinski definition) is 1. The summed E-state index contributed by atoms with van der Waals surface area (Å²) in [5, 5.41) is 3.04. The van der Waals surface area contributed by atoms with Crippen molar-refractivity contribution in [1.29, 1.82) is 0 Å². The van der Waals surface area contributed by atoms with Crippen molar-refractivity contribution in [3.05, 3.63) is 108 Å². The molecule has 4 nitrogen and oxygen atoms in total. The Labute approximate surface area is 158 Å². The van der Waals surface area contributed by atoms with Crippen LogP contribution in [0.3, 0.4) is 0 Å². The van der Waals surface area contributed by atoms with E-state index in [9.17, 15) is 4.79 Å². The number of carbonyl (C=O) groups is 1. The number of pyridine rings is 1. The standard InChI is InChI=1S/C23H21N3O/c27-23(25-16-18-9-3-1-4-10-18)15-20(19-11-5-2-6-12-19)21-17-24-22-13-7-8-14-26(21)22/h1-14,17,20H,15-16H2,(H,25,27)/t20-/m0/s1. The van der Waals surface area contributed by atoms with Crippen LogP contribution in [0.5, 0.6) is 0 Å². The molecule has 2 aromatic carbocycles. The molecular formula is C23H21N3O. The fourth-order valence-electron chi connectivity index (χ4n) is 3.34. The van der Waals surface area contributed by atoms with Crippen LogP contribution in [-0.2, 0) is 11.3 Å². The monoisotopic (exact) mass is 355 g/mol. The highest BCUT2D eigenvalue weighted by atomic mass is 16.1. The van der Waals surface area contributed by atoms with Crippen LogP contribution >= 0.6 is 0 Å². The Morgan fingerprint density at radius 3 is 2.41 bits per heavy atom. The summed E-state index contributed by atoms with van der Waals surface area (Å²) in [4.78, 5) is 17.2. The molecule has 27 heavy (non-hydrogen) atoms. The minimum atomic E-state index is -0.0561. The van der Waals surface area contributed by atoms with Crippen molar-refractivity contribution in [3.63, 3.8) is 0 Å². The summed E-state index contributed by atoms with van der Waals surface area (Å²) in [7, 11) is 0. The molecule has 1 amide bonds. The van der Waals surface area contributed by atoms with Gasteiger partial charge in [0.05, 0.1) is 5.69 Å². The summed E-state index contributed by atoms with van der Waals surface area (Å²) in [6, 6.07) is 26.0. The molecule has 4 rings (SSSR count). The summed E-state index contributed by atoms with van der Waals surface area (Å²) in [5.74, 6) is -0.0297. The van der Waals surface area contributed by atoms with E-state index in [1.807, 2.05) is 79.1 Å². The molecule has 2 heterocycles. The lowest BCUT2D eigenvalue weighted by Crippen LogP contribution is -2.25. The van der Waals surface area contributed by atoms with E-state index in [1.54, 1.807) is 0 Å². The number of aromatic nitrogens is 2. The van der Waals surface area contributed by atoms with Crippen molar-refractivity contribution >= 4 is 11.6 Å². The summed E-state index contributed by atoms with van der Waals surface area (Å²) in [6.07, 6.45) is 4.24. The van der Waals surface area contributed by atoms with Crippen LogP contribution in [0.4, 0.5) is 0 Å². The Balaban J connectivity index is 1.58. The number of carbonyl (C=O) groups excluding carboxylic acids is 1. The van der Waals surface area contributed by atoms with E-state index in [-0.39, 0.29) is 11.8 Å². The van der Waals surface area contributed by atoms with Gasteiger partial charge in [0.25, 0.3) is 0 Å². The van der Waals surface area contributed by atoms with Gasteiger partial charge in [0.2, 0.25) is 5.91 Å². The van der Waals surface area contributed by atoms with E-state index < -0.39 is 0 Å². The molecule has 0 bridgehead atoms. The lowest BCUT2D eigenvalue weighted by Gasteiger charge is -2.17. The molecule has 0 saturated heterocycles. The van der Waals surface area contributed by atoms with Gasteiger partial charge in [0.1, 0.15) is 5.65 Å². The van der Waals surface area contributed by atoms with Crippen LogP contribution in [0.2, 0.25) is 0 Å². The number of benzene rings is 2. The molecule has 0 spiro atoms. The van der Waals surface area contributed by atoms with E-state index >= 15 is 0 Å². The van der Waals surface area contributed by atoms with Crippen molar-refractivity contribution in [1.82, 2.24) is 14.7 Å². The van der Waals surface area contributed by atoms with Gasteiger partial charge in [-0.05, 0) is 23.3 Å². The van der Waals surface area contributed by atoms with Crippen LogP contribution in [-0.4, -0.2) is 15.3 Å². The Bertz CT molecular complexity index is 1030. The maximum Gasteiger partial charge on any atom is 0.221 e. The Kier molecular flexibility index (Phi) is 4.97. The lowest BCUT2D eigenvalue weighted by molar-refractivity contribution is -0.121. The van der Waals surface area contributed by atoms with Gasteiger partial charge in [0, 0.05) is 31.3 Å². The van der Waals surface area contributed by atoms with Gasteiger partial charge < -0.3 is 9.72 Å². The van der Waals surface area contributed by atoms with Gasteiger partial charge in [-0.1, -0.05) is 66.7 Å². The van der Waals surface area contributed by atoms with E-state index in [4.69, 9.17) is 0 Å². The summed E-state index contributed by atoms with van der Waals surface area (Å²) in [6.45, 7) is 0.536. The number of amides is 1. The summed E-state index contributed by atoms with van der Waals surface area (Å²) < 4.78 is 2.06. The zero-order chi connectivity index (χ0) is 18.5. The number of imidazole rings is 1. The van der Waals surface area contributed by atoms with Crippen molar-refractivity contribution in [2.75, 3.05) is 0 Å². The van der Waals surface area contributed by atoms with Crippen molar-refractivity contribution in [2.24, 2.45) is 0 Å². The van der Waals surface area contributed by atoms with Crippen molar-refractivity contribution < 1.29 is 4.79 Å². The minimum absolute atomic E-state index is 0.0265. The molecule has 4 heteroatoms. The molecule has 1 atom stereocenters. The quantitative estimate of drug-likeness (QED) is 0.564. The molecular weight excluding hydrogens is 334 g/mol. The Hall–Kier alpha value is -3.40. The number of nitrogens with one attached hydrogen (secondary N) is 1. The maximum atomic E-state index is 12.7. The van der Waals surface area contributed by atoms with Crippen LogP contribution in [0, 0.1) is 0 Å². The highest BCUT2D eigenvalue weighted by Crippen LogP contribution is 2.28. The zero-order valence-corrected chi connectivity index (χ0v) is 15.0. The summed E-state index contributed by atoms with van der Waals surface area (Å²) >= 11 is 0. The fraction of sp³-hybridized carbons (Fsp3) is 0.130. The second-order valence-corrected chi connectivity index (χ2v) is 6.54. The highest BCUT2D eigenvalue weighted by Gasteiger charge is 2.21. The van der Waals surface area contributed by atoms with Crippen molar-refractivity contribution in [3.8, 4) is 0 Å². The number of hydrogen-bond acceptors (Lipinski definition) is 2. The van der Waals surface area contributed by atoms with Crippen molar-refractivity contribution in [2.45, 2.75) is 18.9 Å². The van der Waals surface area contributed by atoms with E-state index in [0.29, 0.717) is 13.0 Å². The first-order valence-electron chi connectivity index (χ1n) is 9.09. The SMILES string of the molecule is O=C(C[C@@H](c1ccccc1)c1cnc2ccccn12)NCc1ccccc1. The average molecular weight is 355 g/mol. The van der Waals surface area contributed by atoms with Gasteiger partial charge in [-0.3, -0.25) is 4.79 Å². The average Bonchev–Trinajstić information content (AvgIpc) is 3.16. The fourth-order valence-corrected chi connectivity index (χ4v) is 3.34. The molecule has 1 N–H and O–H groups in total. The van der Waals surface area contributed by atoms with Gasteiger partial charge in [-0.15, -0.1) is 0 Å². The van der Waals surface area contributed by atoms with Crippen LogP contribution < -0.4 is 5.32 Å². The third kappa shape index (κ3) is 3.90. The molecule has 0 aliphatic rings. The molecule has 0 saturated carbocycles. The second kappa shape index (κ2) is 7.87. The van der Waals surface area contributed by atoms with E-state index in [2.05, 4.69) is 26.8 Å². The highest BCUT2D eigenvalue weighted by molar-refractivity contribution is 5.77. The molecule has 0 aliphatic heterocycles. The minimum Gasteiger partial charge on any atom is -0.352 e. The zero-order valence-electron chi connectivity index (χ0n) is 15.0. The van der Waals surface area contributed by atoms with Gasteiger partial charge >= 0.3 is 0 Å². The number of nitrogens with zero attached hydrogens (tertiary/aromatic N) is 2. The van der Waals surface area contributed by atoms with Gasteiger partial charge in [0.15, 0.2) is 0 Å². The second-order valence-electron chi connectivity index (χ2n) is 6.54. The molecule has 0 radical (unpaired) electrons. The van der Waals surface area contributed by atoms with Crippen LogP contribution in [0.15, 0.2) is 91.3 Å². The number of rotatable bonds is 6. The number of fused-ring (bicyclic) bond motifs is 1. The van der Waals surface area contributed by atoms with Gasteiger partial charge in [-0.2, -0.15) is 0 Å². The molecule has 4 aromatic rings. The van der Waals surface area contributed by atoms with Gasteiger partial charge in [-0.25, -0.2) is 4.98 Å². The maximum absolute atomic E-state index is 12.7. The third-order valence-electron chi connectivity index (χ3n) is 4.73. The predicted octanol–water partition coefficient (Wildman–Crippen LogP) is 4.17. The molecule has 0 aliphatic carbocycles. The Morgan fingerprint density at radius 1 is 0.926 bits per heavy atom. The molecule has 0 fully saturated rings.